The molecule has 0 radical (unpaired) electrons. The summed E-state index contributed by atoms with van der Waals surface area (Å²) >= 11 is 1.67. The van der Waals surface area contributed by atoms with Gasteiger partial charge >= 0.3 is 5.25 Å². The number of aliphatic hydroxyl groups excluding tert-OH is 1. The Kier molecular flexibility index (Phi) is 3.49. The Labute approximate surface area is 121 Å². The largest absolute Gasteiger partial charge is 0.380 e. The molecule has 3 rings (SSSR count). The number of thiazole rings is 1. The van der Waals surface area contributed by atoms with Gasteiger partial charge in [-0.1, -0.05) is 18.2 Å². The van der Waals surface area contributed by atoms with Crippen molar-refractivity contribution in [1.82, 2.24) is 9.38 Å². The molecule has 0 aliphatic heterocycles. The number of aliphatic hydroxyl groups is 1. The number of hydrogen-bond acceptors (Lipinski definition) is 4. The molecule has 20 heavy (non-hydrogen) atoms. The predicted octanol–water partition coefficient (Wildman–Crippen LogP) is 3.81. The van der Waals surface area contributed by atoms with Crippen molar-refractivity contribution < 1.29 is 13.9 Å². The molecule has 0 fully saturated rings. The topological polar surface area (TPSA) is 37.5 Å². The average Bonchev–Trinajstić information content (AvgIpc) is 3.01. The van der Waals surface area contributed by atoms with Crippen molar-refractivity contribution in [3.05, 3.63) is 53.8 Å². The number of aromatic nitrogens is 2. The van der Waals surface area contributed by atoms with Crippen LogP contribution in [0.25, 0.3) is 4.96 Å². The van der Waals surface area contributed by atoms with Crippen molar-refractivity contribution >= 4 is 28.1 Å². The van der Waals surface area contributed by atoms with Crippen LogP contribution in [-0.2, 0) is 0 Å². The van der Waals surface area contributed by atoms with Crippen molar-refractivity contribution in [2.45, 2.75) is 16.3 Å². The molecule has 1 atom stereocenters. The van der Waals surface area contributed by atoms with Gasteiger partial charge in [-0.2, -0.15) is 8.78 Å². The third-order valence-electron chi connectivity index (χ3n) is 2.77. The molecule has 0 aliphatic carbocycles. The summed E-state index contributed by atoms with van der Waals surface area (Å²) < 4.78 is 29.8. The summed E-state index contributed by atoms with van der Waals surface area (Å²) in [6, 6.07) is 8.29. The standard InChI is InChI=1S/C13H10F2N2OS2/c14-13(15,20-9-4-2-1-3-5-9)11(18)10-8-16-12-17(10)6-7-19-12/h1-8,11,18H. The van der Waals surface area contributed by atoms with Gasteiger partial charge in [-0.25, -0.2) is 4.98 Å². The predicted molar refractivity (Wildman–Crippen MR) is 75.3 cm³/mol. The van der Waals surface area contributed by atoms with Crippen LogP contribution in [0.4, 0.5) is 8.78 Å². The van der Waals surface area contributed by atoms with Crippen LogP contribution in [0.1, 0.15) is 11.8 Å². The lowest BCUT2D eigenvalue weighted by Gasteiger charge is -2.21. The van der Waals surface area contributed by atoms with Crippen LogP contribution in [-0.4, -0.2) is 19.7 Å². The fourth-order valence-corrected chi connectivity index (χ4v) is 3.36. The minimum atomic E-state index is -3.33. The monoisotopic (exact) mass is 312 g/mol. The quantitative estimate of drug-likeness (QED) is 0.744. The van der Waals surface area contributed by atoms with Gasteiger partial charge in [0.2, 0.25) is 0 Å². The molecule has 0 saturated carbocycles. The lowest BCUT2D eigenvalue weighted by molar-refractivity contribution is -0.0381. The number of imidazole rings is 1. The molecule has 0 amide bonds. The van der Waals surface area contributed by atoms with Crippen molar-refractivity contribution in [2.24, 2.45) is 0 Å². The molecule has 0 saturated heterocycles. The van der Waals surface area contributed by atoms with Crippen LogP contribution in [0.15, 0.2) is 53.0 Å². The second kappa shape index (κ2) is 5.16. The van der Waals surface area contributed by atoms with Gasteiger partial charge in [0.25, 0.3) is 0 Å². The third-order valence-corrected chi connectivity index (χ3v) is 4.54. The van der Waals surface area contributed by atoms with Crippen LogP contribution in [0.5, 0.6) is 0 Å². The number of fused-ring (bicyclic) bond motifs is 1. The minimum absolute atomic E-state index is 0.0923. The van der Waals surface area contributed by atoms with Crippen molar-refractivity contribution in [3.8, 4) is 0 Å². The highest BCUT2D eigenvalue weighted by molar-refractivity contribution is 8.00. The Bertz CT molecular complexity index is 711. The van der Waals surface area contributed by atoms with E-state index in [2.05, 4.69) is 4.98 Å². The summed E-state index contributed by atoms with van der Waals surface area (Å²) in [5, 5.41) is 8.39. The SMILES string of the molecule is OC(c1cnc2sccn12)C(F)(F)Sc1ccccc1. The van der Waals surface area contributed by atoms with Gasteiger partial charge in [-0.3, -0.25) is 4.40 Å². The van der Waals surface area contributed by atoms with Crippen LogP contribution >= 0.6 is 23.1 Å². The highest BCUT2D eigenvalue weighted by Crippen LogP contribution is 2.44. The fourth-order valence-electron chi connectivity index (χ4n) is 1.82. The van der Waals surface area contributed by atoms with Crippen molar-refractivity contribution in [3.63, 3.8) is 0 Å². The molecule has 0 spiro atoms. The maximum absolute atomic E-state index is 14.2. The molecule has 1 aromatic carbocycles. The Morgan fingerprint density at radius 1 is 1.30 bits per heavy atom. The molecule has 0 aliphatic rings. The summed E-state index contributed by atoms with van der Waals surface area (Å²) in [4.78, 5) is 4.99. The maximum atomic E-state index is 14.2. The van der Waals surface area contributed by atoms with Gasteiger partial charge in [-0.05, 0) is 23.9 Å². The molecule has 2 heterocycles. The molecule has 3 nitrogen and oxygen atoms in total. The molecule has 2 aromatic heterocycles. The van der Waals surface area contributed by atoms with E-state index in [9.17, 15) is 13.9 Å². The first-order valence-electron chi connectivity index (χ1n) is 5.78. The molecule has 7 heteroatoms. The van der Waals surface area contributed by atoms with E-state index < -0.39 is 11.4 Å². The van der Waals surface area contributed by atoms with Gasteiger partial charge in [0.05, 0.1) is 11.9 Å². The number of halogens is 2. The molecular weight excluding hydrogens is 302 g/mol. The first kappa shape index (κ1) is 13.5. The van der Waals surface area contributed by atoms with Crippen LogP contribution in [0.3, 0.4) is 0 Å². The average molecular weight is 312 g/mol. The number of alkyl halides is 2. The van der Waals surface area contributed by atoms with Crippen molar-refractivity contribution in [1.29, 1.82) is 0 Å². The molecule has 0 bridgehead atoms. The van der Waals surface area contributed by atoms with Gasteiger partial charge in [-0.15, -0.1) is 11.3 Å². The fraction of sp³-hybridized carbons (Fsp3) is 0.154. The summed E-state index contributed by atoms with van der Waals surface area (Å²) in [6.45, 7) is 0. The smallest absolute Gasteiger partial charge is 0.329 e. The first-order chi connectivity index (χ1) is 9.58. The minimum Gasteiger partial charge on any atom is -0.380 e. The van der Waals surface area contributed by atoms with E-state index in [4.69, 9.17) is 0 Å². The summed E-state index contributed by atoms with van der Waals surface area (Å²) in [5.74, 6) is 0. The summed E-state index contributed by atoms with van der Waals surface area (Å²) in [6.07, 6.45) is 0.988. The summed E-state index contributed by atoms with van der Waals surface area (Å²) in [7, 11) is 0. The van der Waals surface area contributed by atoms with Gasteiger partial charge < -0.3 is 5.11 Å². The molecule has 104 valence electrons. The number of thioether (sulfide) groups is 1. The van der Waals surface area contributed by atoms with Gasteiger partial charge in [0.1, 0.15) is 0 Å². The zero-order valence-corrected chi connectivity index (χ0v) is 11.7. The van der Waals surface area contributed by atoms with E-state index >= 15 is 0 Å². The number of hydrogen-bond donors (Lipinski definition) is 1. The zero-order valence-electron chi connectivity index (χ0n) is 10.1. The lowest BCUT2D eigenvalue weighted by atomic mass is 10.3. The maximum Gasteiger partial charge on any atom is 0.329 e. The third kappa shape index (κ3) is 2.44. The second-order valence-corrected chi connectivity index (χ2v) is 6.21. The van der Waals surface area contributed by atoms with Gasteiger partial charge in [0.15, 0.2) is 11.1 Å². The van der Waals surface area contributed by atoms with E-state index in [1.54, 1.807) is 41.9 Å². The lowest BCUT2D eigenvalue weighted by Crippen LogP contribution is -2.23. The Morgan fingerprint density at radius 2 is 2.05 bits per heavy atom. The van der Waals surface area contributed by atoms with E-state index in [1.807, 2.05) is 0 Å². The molecular formula is C13H10F2N2OS2. The number of nitrogens with zero attached hydrogens (tertiary/aromatic N) is 2. The normalized spacial score (nSPS) is 13.8. The molecule has 1 unspecified atom stereocenters. The Morgan fingerprint density at radius 3 is 2.80 bits per heavy atom. The highest BCUT2D eigenvalue weighted by atomic mass is 32.2. The number of benzene rings is 1. The Balaban J connectivity index is 1.89. The van der Waals surface area contributed by atoms with Crippen LogP contribution in [0, 0.1) is 0 Å². The van der Waals surface area contributed by atoms with E-state index in [0.29, 0.717) is 21.6 Å². The Hall–Kier alpha value is -1.44. The second-order valence-electron chi connectivity index (χ2n) is 4.12. The van der Waals surface area contributed by atoms with E-state index in [1.165, 1.54) is 21.9 Å². The van der Waals surface area contributed by atoms with Gasteiger partial charge in [0, 0.05) is 16.5 Å². The number of rotatable bonds is 4. The first-order valence-corrected chi connectivity index (χ1v) is 7.48. The van der Waals surface area contributed by atoms with Crippen LogP contribution in [0.2, 0.25) is 0 Å². The van der Waals surface area contributed by atoms with Crippen molar-refractivity contribution in [2.75, 3.05) is 0 Å². The zero-order chi connectivity index (χ0) is 14.2. The highest BCUT2D eigenvalue weighted by Gasteiger charge is 2.42. The molecule has 1 N–H and O–H groups in total. The van der Waals surface area contributed by atoms with E-state index in [0.717, 1.165) is 0 Å². The van der Waals surface area contributed by atoms with Crippen LogP contribution < -0.4 is 0 Å². The van der Waals surface area contributed by atoms with E-state index in [-0.39, 0.29) is 5.69 Å². The summed E-state index contributed by atoms with van der Waals surface area (Å²) in [5.41, 5.74) is 0.0923. The molecule has 3 aromatic rings.